The monoisotopic (exact) mass is 479 g/mol. The van der Waals surface area contributed by atoms with Gasteiger partial charge in [-0.1, -0.05) is 5.16 Å². The van der Waals surface area contributed by atoms with Crippen LogP contribution in [0.3, 0.4) is 0 Å². The molecule has 1 aliphatic heterocycles. The van der Waals surface area contributed by atoms with Crippen molar-refractivity contribution in [2.45, 2.75) is 18.6 Å². The Bertz CT molecular complexity index is 1490. The van der Waals surface area contributed by atoms with Crippen molar-refractivity contribution in [1.82, 2.24) is 19.9 Å². The molecule has 5 N–H and O–H groups in total. The Morgan fingerprint density at radius 1 is 1.29 bits per heavy atom. The van der Waals surface area contributed by atoms with Gasteiger partial charge in [0.05, 0.1) is 24.2 Å². The number of fused-ring (bicyclic) bond motifs is 1. The van der Waals surface area contributed by atoms with Gasteiger partial charge in [-0.2, -0.15) is 0 Å². The molecule has 5 rings (SSSR count). The molecular formula is C22H21N7O6. The van der Waals surface area contributed by atoms with Crippen LogP contribution < -0.4 is 21.5 Å². The fourth-order valence-corrected chi connectivity index (χ4v) is 3.80. The van der Waals surface area contributed by atoms with E-state index in [9.17, 15) is 19.5 Å². The molecule has 0 aliphatic carbocycles. The number of aromatic nitrogens is 4. The van der Waals surface area contributed by atoms with Crippen molar-refractivity contribution in [3.63, 3.8) is 0 Å². The molecule has 2 amide bonds. The molecule has 0 bridgehead atoms. The number of aromatic amines is 1. The molecule has 1 aliphatic rings. The molecule has 180 valence electrons. The van der Waals surface area contributed by atoms with Crippen molar-refractivity contribution in [1.29, 1.82) is 0 Å². The van der Waals surface area contributed by atoms with Crippen LogP contribution in [-0.2, 0) is 14.3 Å². The van der Waals surface area contributed by atoms with Crippen LogP contribution >= 0.6 is 0 Å². The van der Waals surface area contributed by atoms with Gasteiger partial charge in [0.1, 0.15) is 0 Å². The summed E-state index contributed by atoms with van der Waals surface area (Å²) in [5.74, 6) is -0.981. The molecule has 0 spiro atoms. The highest BCUT2D eigenvalue weighted by atomic mass is 16.5. The molecule has 4 aromatic rings. The van der Waals surface area contributed by atoms with E-state index >= 15 is 0 Å². The molecule has 0 saturated carbocycles. The fraction of sp³-hybridized carbons (Fsp3) is 0.227. The smallest absolute Gasteiger partial charge is 0.260 e. The molecular weight excluding hydrogens is 458 g/mol. The maximum atomic E-state index is 13.2. The molecule has 35 heavy (non-hydrogen) atoms. The molecule has 13 heteroatoms. The van der Waals surface area contributed by atoms with Crippen molar-refractivity contribution in [3.8, 4) is 5.69 Å². The second kappa shape index (κ2) is 8.38. The number of carbonyl (C=O) groups is 2. The number of hydrogen-bond donors (Lipinski definition) is 4. The van der Waals surface area contributed by atoms with E-state index in [0.717, 1.165) is 0 Å². The first-order valence-corrected chi connectivity index (χ1v) is 10.6. The second-order valence-corrected chi connectivity index (χ2v) is 8.15. The maximum Gasteiger partial charge on any atom is 0.260 e. The number of hydrogen-bond acceptors (Lipinski definition) is 9. The van der Waals surface area contributed by atoms with Crippen molar-refractivity contribution in [2.24, 2.45) is 0 Å². The third kappa shape index (κ3) is 4.02. The maximum absolute atomic E-state index is 13.2. The van der Waals surface area contributed by atoms with Crippen LogP contribution in [0.4, 0.5) is 17.3 Å². The number of ether oxygens (including phenoxy) is 1. The molecule has 1 saturated heterocycles. The zero-order chi connectivity index (χ0) is 24.7. The highest BCUT2D eigenvalue weighted by Gasteiger charge is 2.48. The van der Waals surface area contributed by atoms with Crippen molar-refractivity contribution in [3.05, 3.63) is 59.1 Å². The SMILES string of the molecule is CC(O)(C(=O)Nc1ccc2c(N)noc2c1)C1OCCN(c2ccn(-c3cc[nH]c(=O)c3)n2)C1=O. The van der Waals surface area contributed by atoms with Gasteiger partial charge in [-0.3, -0.25) is 19.3 Å². The van der Waals surface area contributed by atoms with Gasteiger partial charge in [-0.25, -0.2) is 4.68 Å². The van der Waals surface area contributed by atoms with E-state index in [4.69, 9.17) is 15.0 Å². The molecule has 1 fully saturated rings. The minimum absolute atomic E-state index is 0.0704. The molecule has 2 unspecified atom stereocenters. The van der Waals surface area contributed by atoms with Crippen LogP contribution in [-0.4, -0.2) is 61.7 Å². The largest absolute Gasteiger partial charge is 0.380 e. The Hall–Kier alpha value is -4.49. The number of nitrogens with one attached hydrogen (secondary N) is 2. The predicted octanol–water partition coefficient (Wildman–Crippen LogP) is 0.405. The van der Waals surface area contributed by atoms with Gasteiger partial charge in [0.25, 0.3) is 11.8 Å². The Balaban J connectivity index is 1.34. The van der Waals surface area contributed by atoms with Gasteiger partial charge in [0, 0.05) is 36.3 Å². The Morgan fingerprint density at radius 2 is 2.11 bits per heavy atom. The number of H-pyrrole nitrogens is 1. The summed E-state index contributed by atoms with van der Waals surface area (Å²) in [4.78, 5) is 41.6. The average molecular weight is 479 g/mol. The van der Waals surface area contributed by atoms with E-state index in [-0.39, 0.29) is 30.3 Å². The van der Waals surface area contributed by atoms with E-state index < -0.39 is 23.5 Å². The van der Waals surface area contributed by atoms with Crippen molar-refractivity contribution < 1.29 is 24.0 Å². The number of rotatable bonds is 5. The first-order chi connectivity index (χ1) is 16.7. The quantitative estimate of drug-likeness (QED) is 0.315. The Labute approximate surface area is 197 Å². The number of amides is 2. The summed E-state index contributed by atoms with van der Waals surface area (Å²) in [5, 5.41) is 22.2. The Kier molecular flexibility index (Phi) is 5.34. The summed E-state index contributed by atoms with van der Waals surface area (Å²) in [6, 6.07) is 9.30. The van der Waals surface area contributed by atoms with Crippen LogP contribution in [0, 0.1) is 0 Å². The predicted molar refractivity (Wildman–Crippen MR) is 124 cm³/mol. The van der Waals surface area contributed by atoms with Crippen LogP contribution in [0.15, 0.2) is 58.1 Å². The summed E-state index contributed by atoms with van der Waals surface area (Å²) >= 11 is 0. The minimum atomic E-state index is -2.21. The summed E-state index contributed by atoms with van der Waals surface area (Å²) in [6.45, 7) is 1.44. The number of carbonyl (C=O) groups excluding carboxylic acids is 2. The number of nitrogens with two attached hydrogens (primary N) is 1. The topological polar surface area (TPSA) is 182 Å². The summed E-state index contributed by atoms with van der Waals surface area (Å²) in [5.41, 5.74) is 4.37. The molecule has 0 radical (unpaired) electrons. The first kappa shape index (κ1) is 22.3. The number of nitrogens with zero attached hydrogens (tertiary/aromatic N) is 4. The third-order valence-electron chi connectivity index (χ3n) is 5.69. The third-order valence-corrected chi connectivity index (χ3v) is 5.69. The lowest BCUT2D eigenvalue weighted by molar-refractivity contribution is -0.165. The molecule has 1 aromatic carbocycles. The summed E-state index contributed by atoms with van der Waals surface area (Å²) < 4.78 is 12.1. The van der Waals surface area contributed by atoms with Gasteiger partial charge in [0.2, 0.25) is 5.56 Å². The number of anilines is 3. The molecule has 2 atom stereocenters. The lowest BCUT2D eigenvalue weighted by Crippen LogP contribution is -2.61. The highest BCUT2D eigenvalue weighted by Crippen LogP contribution is 2.27. The number of pyridine rings is 1. The molecule has 4 heterocycles. The van der Waals surface area contributed by atoms with Gasteiger partial charge >= 0.3 is 0 Å². The van der Waals surface area contributed by atoms with Crippen molar-refractivity contribution in [2.75, 3.05) is 29.1 Å². The lowest BCUT2D eigenvalue weighted by Gasteiger charge is -2.37. The van der Waals surface area contributed by atoms with Crippen molar-refractivity contribution >= 4 is 40.1 Å². The number of morpholine rings is 1. The van der Waals surface area contributed by atoms with Gasteiger partial charge in [0.15, 0.2) is 28.9 Å². The zero-order valence-corrected chi connectivity index (χ0v) is 18.5. The van der Waals surface area contributed by atoms with Crippen LogP contribution in [0.5, 0.6) is 0 Å². The summed E-state index contributed by atoms with van der Waals surface area (Å²) in [6.07, 6.45) is 1.60. The van der Waals surface area contributed by atoms with Crippen LogP contribution in [0.1, 0.15) is 6.92 Å². The van der Waals surface area contributed by atoms with E-state index in [2.05, 4.69) is 20.6 Å². The normalized spacial score (nSPS) is 17.9. The molecule has 13 nitrogen and oxygen atoms in total. The first-order valence-electron chi connectivity index (χ1n) is 10.6. The standard InChI is InChI=1S/C22H21N7O6/c1-22(33,21(32)25-12-2-3-14-15(10-12)35-27-19(14)23)18-20(31)28(8-9-34-18)16-5-7-29(26-16)13-4-6-24-17(30)11-13/h2-7,10-11,18,33H,8-9H2,1H3,(H2,23,27)(H,24,30)(H,25,32). The van der Waals surface area contributed by atoms with E-state index in [1.807, 2.05) is 0 Å². The molecule has 3 aromatic heterocycles. The van der Waals surface area contributed by atoms with Gasteiger partial charge in [-0.15, -0.1) is 5.10 Å². The average Bonchev–Trinajstić information content (AvgIpc) is 3.46. The van der Waals surface area contributed by atoms with Gasteiger partial charge in [-0.05, 0) is 25.1 Å². The van der Waals surface area contributed by atoms with Crippen LogP contribution in [0.2, 0.25) is 0 Å². The van der Waals surface area contributed by atoms with E-state index in [1.165, 1.54) is 34.8 Å². The van der Waals surface area contributed by atoms with E-state index in [0.29, 0.717) is 22.3 Å². The number of benzene rings is 1. The fourth-order valence-electron chi connectivity index (χ4n) is 3.80. The van der Waals surface area contributed by atoms with Gasteiger partial charge < -0.3 is 30.4 Å². The number of aliphatic hydroxyl groups is 1. The second-order valence-electron chi connectivity index (χ2n) is 8.15. The zero-order valence-electron chi connectivity index (χ0n) is 18.5. The van der Waals surface area contributed by atoms with Crippen LogP contribution in [0.25, 0.3) is 16.7 Å². The minimum Gasteiger partial charge on any atom is -0.380 e. The summed E-state index contributed by atoms with van der Waals surface area (Å²) in [7, 11) is 0. The van der Waals surface area contributed by atoms with E-state index in [1.54, 1.807) is 30.5 Å². The number of nitrogen functional groups attached to an aromatic ring is 1. The Morgan fingerprint density at radius 3 is 2.91 bits per heavy atom. The lowest BCUT2D eigenvalue weighted by atomic mass is 9.95. The highest BCUT2D eigenvalue weighted by molar-refractivity contribution is 6.06.